The Morgan fingerprint density at radius 1 is 0.523 bits per heavy atom. The minimum absolute atomic E-state index is 0.343. The molecule has 0 fully saturated rings. The van der Waals surface area contributed by atoms with E-state index >= 15 is 0 Å². The molecule has 0 saturated carbocycles. The van der Waals surface area contributed by atoms with Gasteiger partial charge in [-0.05, 0) is 235 Å². The molecule has 12 rings (SSSR count). The summed E-state index contributed by atoms with van der Waals surface area (Å²) in [5, 5.41) is 0. The van der Waals surface area contributed by atoms with Crippen molar-refractivity contribution in [3.05, 3.63) is 227 Å². The number of hydrogen-bond donors (Lipinski definition) is 0. The van der Waals surface area contributed by atoms with E-state index in [1.807, 2.05) is 0 Å². The number of hydrogen-bond acceptors (Lipinski definition) is 0. The molecule has 1 aromatic rings. The largest absolute Gasteiger partial charge is 0.0839 e. The first-order valence-electron chi connectivity index (χ1n) is 25.8. The molecule has 7 unspecified atom stereocenters. The fourth-order valence-corrected chi connectivity index (χ4v) is 14.6. The van der Waals surface area contributed by atoms with Crippen LogP contribution in [-0.2, 0) is 0 Å². The Morgan fingerprint density at radius 2 is 1.23 bits per heavy atom. The first-order chi connectivity index (χ1) is 31.8. The van der Waals surface area contributed by atoms with Crippen LogP contribution in [0.2, 0.25) is 0 Å². The third-order valence-corrected chi connectivity index (χ3v) is 18.0. The van der Waals surface area contributed by atoms with Crippen LogP contribution in [0.3, 0.4) is 0 Å². The highest BCUT2D eigenvalue weighted by Crippen LogP contribution is 2.59. The van der Waals surface area contributed by atoms with E-state index in [2.05, 4.69) is 156 Å². The SMILES string of the molecule is CC1=CCC(C)C=C1C1CC2=C(CC(C3CC=CC=C3C)C3=C2CCC(C2=CC4=C(CC2)C(c2ccccc2C)=CC2C5=C(CCC=C5)C(C5=C(C)CCC=C5)=CC42)=C3)C2=CC=CCC21. The van der Waals surface area contributed by atoms with Crippen molar-refractivity contribution in [2.24, 2.45) is 41.4 Å². The third-order valence-electron chi connectivity index (χ3n) is 18.0. The van der Waals surface area contributed by atoms with Crippen LogP contribution in [0, 0.1) is 48.3 Å². The summed E-state index contributed by atoms with van der Waals surface area (Å²) in [6.07, 6.45) is 55.7. The summed E-state index contributed by atoms with van der Waals surface area (Å²) < 4.78 is 0. The lowest BCUT2D eigenvalue weighted by Crippen LogP contribution is -2.33. The minimum atomic E-state index is 0.343. The molecule has 11 aliphatic carbocycles. The first kappa shape index (κ1) is 41.2. The molecule has 11 aliphatic rings. The van der Waals surface area contributed by atoms with Gasteiger partial charge in [0.15, 0.2) is 0 Å². The molecule has 0 nitrogen and oxygen atoms in total. The molecule has 0 aromatic heterocycles. The fraction of sp³-hybridized carbons (Fsp3) is 0.385. The second-order valence-corrected chi connectivity index (χ2v) is 21.6. The zero-order valence-corrected chi connectivity index (χ0v) is 39.8. The molecular formula is C65H68. The van der Waals surface area contributed by atoms with Crippen LogP contribution in [0.4, 0.5) is 0 Å². The van der Waals surface area contributed by atoms with Gasteiger partial charge in [0, 0.05) is 11.8 Å². The number of allylic oxidation sites excluding steroid dienone is 34. The maximum atomic E-state index is 2.80. The molecule has 0 bridgehead atoms. The van der Waals surface area contributed by atoms with Gasteiger partial charge in [-0.15, -0.1) is 0 Å². The van der Waals surface area contributed by atoms with Crippen molar-refractivity contribution in [2.45, 2.75) is 118 Å². The molecule has 1 aromatic carbocycles. The average molecular weight is 849 g/mol. The molecule has 0 radical (unpaired) electrons. The van der Waals surface area contributed by atoms with Crippen LogP contribution in [0.15, 0.2) is 216 Å². The topological polar surface area (TPSA) is 0 Å². The fourth-order valence-electron chi connectivity index (χ4n) is 14.6. The van der Waals surface area contributed by atoms with Crippen molar-refractivity contribution in [3.63, 3.8) is 0 Å². The summed E-state index contributed by atoms with van der Waals surface area (Å²) in [7, 11) is 0. The van der Waals surface area contributed by atoms with E-state index in [4.69, 9.17) is 0 Å². The van der Waals surface area contributed by atoms with Crippen molar-refractivity contribution in [2.75, 3.05) is 0 Å². The smallest absolute Gasteiger partial charge is 0.0134 e. The van der Waals surface area contributed by atoms with Crippen molar-refractivity contribution < 1.29 is 0 Å². The monoisotopic (exact) mass is 849 g/mol. The molecule has 0 N–H and O–H groups in total. The standard InChI is InChI=1S/C65H68/c1-39-26-27-43(5)55(32-39)61-38-64-54-31-29-44(33-56(54)60(48-21-11-8-18-42(48)4)37-62(64)52-25-15-13-23-50(52)61)45-28-30-53-57(34-45)65-36-58(46-19-9-6-16-40(46)2)49-22-12-14-24-51(49)63(65)35-59(53)47-20-10-7-17-41(47)3/h7-11,13-15,17-20,24-25,27,32-36,39,48,50,60-61,63,65H,6,12,16,21-23,26,28-31,37-38H2,1-5H3. The van der Waals surface area contributed by atoms with Crippen LogP contribution in [0.5, 0.6) is 0 Å². The van der Waals surface area contributed by atoms with Gasteiger partial charge < -0.3 is 0 Å². The average Bonchev–Trinajstić information content (AvgIpc) is 3.34. The van der Waals surface area contributed by atoms with E-state index in [-0.39, 0.29) is 0 Å². The van der Waals surface area contributed by atoms with Crippen LogP contribution >= 0.6 is 0 Å². The lowest BCUT2D eigenvalue weighted by atomic mass is 9.57. The Labute approximate surface area is 390 Å². The normalized spacial score (nSPS) is 31.6. The Morgan fingerprint density at radius 3 is 2.06 bits per heavy atom. The van der Waals surface area contributed by atoms with E-state index in [1.165, 1.54) is 71.9 Å². The molecule has 0 saturated heterocycles. The van der Waals surface area contributed by atoms with Gasteiger partial charge in [0.25, 0.3) is 0 Å². The first-order valence-corrected chi connectivity index (χ1v) is 25.8. The summed E-state index contributed by atoms with van der Waals surface area (Å²) in [6, 6.07) is 9.18. The molecule has 0 heteroatoms. The second-order valence-electron chi connectivity index (χ2n) is 21.6. The number of benzene rings is 1. The summed E-state index contributed by atoms with van der Waals surface area (Å²) in [5.41, 5.74) is 31.8. The van der Waals surface area contributed by atoms with E-state index in [1.54, 1.807) is 78.0 Å². The molecule has 0 spiro atoms. The zero-order valence-electron chi connectivity index (χ0n) is 39.8. The van der Waals surface area contributed by atoms with Crippen LogP contribution < -0.4 is 0 Å². The van der Waals surface area contributed by atoms with Gasteiger partial charge in [-0.1, -0.05) is 145 Å². The van der Waals surface area contributed by atoms with Crippen LogP contribution in [0.25, 0.3) is 5.57 Å². The van der Waals surface area contributed by atoms with Gasteiger partial charge in [0.1, 0.15) is 0 Å². The summed E-state index contributed by atoms with van der Waals surface area (Å²) in [5.74, 6) is 3.54. The van der Waals surface area contributed by atoms with Crippen LogP contribution in [-0.4, -0.2) is 0 Å². The Bertz CT molecular complexity index is 2840. The van der Waals surface area contributed by atoms with Gasteiger partial charge in [-0.2, -0.15) is 0 Å². The quantitative estimate of drug-likeness (QED) is 0.277. The number of aryl methyl sites for hydroxylation is 1. The molecule has 0 amide bonds. The van der Waals surface area contributed by atoms with Gasteiger partial charge in [-0.25, -0.2) is 0 Å². The second kappa shape index (κ2) is 16.6. The van der Waals surface area contributed by atoms with Gasteiger partial charge >= 0.3 is 0 Å². The molecule has 0 aliphatic heterocycles. The van der Waals surface area contributed by atoms with Gasteiger partial charge in [0.2, 0.25) is 0 Å². The van der Waals surface area contributed by atoms with Crippen molar-refractivity contribution >= 4 is 5.57 Å². The molecule has 0 heterocycles. The van der Waals surface area contributed by atoms with E-state index in [0.717, 1.165) is 44.9 Å². The minimum Gasteiger partial charge on any atom is -0.0839 e. The Kier molecular flexibility index (Phi) is 10.5. The number of fused-ring (bicyclic) bond motifs is 6. The van der Waals surface area contributed by atoms with Gasteiger partial charge in [0.05, 0.1) is 0 Å². The predicted molar refractivity (Wildman–Crippen MR) is 275 cm³/mol. The van der Waals surface area contributed by atoms with Crippen molar-refractivity contribution in [3.8, 4) is 0 Å². The molecule has 7 atom stereocenters. The van der Waals surface area contributed by atoms with Crippen molar-refractivity contribution in [1.29, 1.82) is 0 Å². The maximum Gasteiger partial charge on any atom is 0.0134 e. The molecular weight excluding hydrogens is 781 g/mol. The summed E-state index contributed by atoms with van der Waals surface area (Å²) >= 11 is 0. The highest BCUT2D eigenvalue weighted by molar-refractivity contribution is 5.86. The highest BCUT2D eigenvalue weighted by atomic mass is 14.5. The lowest BCUT2D eigenvalue weighted by Gasteiger charge is -2.47. The van der Waals surface area contributed by atoms with Crippen LogP contribution in [0.1, 0.15) is 122 Å². The van der Waals surface area contributed by atoms with E-state index in [9.17, 15) is 0 Å². The maximum absolute atomic E-state index is 2.80. The van der Waals surface area contributed by atoms with E-state index < -0.39 is 0 Å². The number of rotatable bonds is 5. The van der Waals surface area contributed by atoms with E-state index in [0.29, 0.717) is 41.4 Å². The third kappa shape index (κ3) is 6.98. The lowest BCUT2D eigenvalue weighted by molar-refractivity contribution is 0.375. The van der Waals surface area contributed by atoms with Crippen molar-refractivity contribution in [1.82, 2.24) is 0 Å². The molecule has 65 heavy (non-hydrogen) atoms. The zero-order chi connectivity index (χ0) is 43.9. The summed E-state index contributed by atoms with van der Waals surface area (Å²) in [4.78, 5) is 0. The van der Waals surface area contributed by atoms with Gasteiger partial charge in [-0.3, -0.25) is 0 Å². The predicted octanol–water partition coefficient (Wildman–Crippen LogP) is 17.2. The summed E-state index contributed by atoms with van der Waals surface area (Å²) in [6.45, 7) is 12.0. The Hall–Kier alpha value is -5.20. The highest BCUT2D eigenvalue weighted by Gasteiger charge is 2.44. The molecule has 328 valence electrons. The Balaban J connectivity index is 0.998.